The third-order valence-corrected chi connectivity index (χ3v) is 5.99. The highest BCUT2D eigenvalue weighted by molar-refractivity contribution is 7.98. The van der Waals surface area contributed by atoms with Crippen molar-refractivity contribution in [1.82, 2.24) is 10.2 Å². The van der Waals surface area contributed by atoms with E-state index < -0.39 is 0 Å². The molecule has 0 aromatic heterocycles. The van der Waals surface area contributed by atoms with Gasteiger partial charge in [-0.2, -0.15) is 0 Å². The number of hydrogen-bond donors (Lipinski definition) is 1. The summed E-state index contributed by atoms with van der Waals surface area (Å²) in [6.45, 7) is 5.00. The van der Waals surface area contributed by atoms with E-state index >= 15 is 0 Å². The number of fused-ring (bicyclic) bond motifs is 1. The maximum Gasteiger partial charge on any atom is 0.162 e. The summed E-state index contributed by atoms with van der Waals surface area (Å²) in [6, 6.07) is 12.9. The van der Waals surface area contributed by atoms with Gasteiger partial charge in [-0.1, -0.05) is 18.2 Å². The van der Waals surface area contributed by atoms with Crippen molar-refractivity contribution in [2.75, 3.05) is 46.2 Å². The van der Waals surface area contributed by atoms with Gasteiger partial charge in [0.1, 0.15) is 19.0 Å². The average molecular weight is 423 g/mol. The Morgan fingerprint density at radius 2 is 1.93 bits per heavy atom. The van der Waals surface area contributed by atoms with Gasteiger partial charge in [-0.25, -0.2) is 0 Å². The summed E-state index contributed by atoms with van der Waals surface area (Å²) >= 11 is 1.76. The minimum atomic E-state index is 0. The lowest BCUT2D eigenvalue weighted by molar-refractivity contribution is 0.148. The second kappa shape index (κ2) is 9.74. The Hall–Kier alpha value is -1.60. The number of nitrogens with one attached hydrogen (secondary N) is 1. The summed E-state index contributed by atoms with van der Waals surface area (Å²) in [6.07, 6.45) is 2.12. The van der Waals surface area contributed by atoms with Gasteiger partial charge in [0.2, 0.25) is 0 Å². The molecule has 1 saturated heterocycles. The van der Waals surface area contributed by atoms with Crippen LogP contribution < -0.4 is 19.5 Å². The predicted octanol–water partition coefficient (Wildman–Crippen LogP) is 3.76. The fraction of sp³-hybridized carbons (Fsp3) is 0.429. The Balaban J connectivity index is 0.00000225. The highest BCUT2D eigenvalue weighted by atomic mass is 35.5. The Kier molecular flexibility index (Phi) is 7.35. The second-order valence-electron chi connectivity index (χ2n) is 6.74. The smallest absolute Gasteiger partial charge is 0.162 e. The third kappa shape index (κ3) is 4.35. The molecule has 0 amide bonds. The van der Waals surface area contributed by atoms with Crippen LogP contribution in [0.1, 0.15) is 17.2 Å². The lowest BCUT2D eigenvalue weighted by Gasteiger charge is -2.37. The Morgan fingerprint density at radius 1 is 1.18 bits per heavy atom. The van der Waals surface area contributed by atoms with Crippen molar-refractivity contribution in [3.63, 3.8) is 0 Å². The lowest BCUT2D eigenvalue weighted by atomic mass is 10.0. The highest BCUT2D eigenvalue weighted by Crippen LogP contribution is 2.38. The van der Waals surface area contributed by atoms with E-state index in [4.69, 9.17) is 14.2 Å². The summed E-state index contributed by atoms with van der Waals surface area (Å²) < 4.78 is 17.2. The first kappa shape index (κ1) is 21.1. The number of hydrogen-bond acceptors (Lipinski definition) is 6. The number of benzene rings is 2. The topological polar surface area (TPSA) is 43.0 Å². The van der Waals surface area contributed by atoms with E-state index in [1.165, 1.54) is 16.0 Å². The molecule has 2 aliphatic rings. The second-order valence-corrected chi connectivity index (χ2v) is 7.59. The maximum absolute atomic E-state index is 5.82. The summed E-state index contributed by atoms with van der Waals surface area (Å²) in [5, 5.41) is 3.53. The zero-order valence-corrected chi connectivity index (χ0v) is 17.9. The van der Waals surface area contributed by atoms with E-state index in [9.17, 15) is 0 Å². The van der Waals surface area contributed by atoms with E-state index in [-0.39, 0.29) is 18.4 Å². The monoisotopic (exact) mass is 422 g/mol. The number of ether oxygens (including phenoxy) is 3. The molecule has 5 nitrogen and oxygen atoms in total. The van der Waals surface area contributed by atoms with Gasteiger partial charge < -0.3 is 19.5 Å². The molecule has 0 spiro atoms. The van der Waals surface area contributed by atoms with Gasteiger partial charge in [-0.05, 0) is 30.0 Å². The molecule has 2 aliphatic heterocycles. The quantitative estimate of drug-likeness (QED) is 0.740. The molecule has 1 fully saturated rings. The van der Waals surface area contributed by atoms with E-state index in [0.717, 1.165) is 43.4 Å². The largest absolute Gasteiger partial charge is 0.496 e. The van der Waals surface area contributed by atoms with E-state index in [1.807, 2.05) is 12.1 Å². The molecule has 7 heteroatoms. The number of rotatable bonds is 5. The molecule has 2 heterocycles. The van der Waals surface area contributed by atoms with Gasteiger partial charge >= 0.3 is 0 Å². The van der Waals surface area contributed by atoms with Crippen LogP contribution in [0, 0.1) is 0 Å². The zero-order valence-electron chi connectivity index (χ0n) is 16.3. The molecular weight excluding hydrogens is 396 g/mol. The summed E-state index contributed by atoms with van der Waals surface area (Å²) in [7, 11) is 1.74. The van der Waals surface area contributed by atoms with Crippen molar-refractivity contribution < 1.29 is 14.2 Å². The molecule has 0 bridgehead atoms. The normalized spacial score (nSPS) is 19.0. The first-order valence-corrected chi connectivity index (χ1v) is 10.6. The summed E-state index contributed by atoms with van der Waals surface area (Å²) in [4.78, 5) is 3.77. The number of para-hydroxylation sites is 1. The van der Waals surface area contributed by atoms with Crippen molar-refractivity contribution in [3.8, 4) is 17.2 Å². The number of piperazine rings is 1. The first-order chi connectivity index (χ1) is 13.3. The van der Waals surface area contributed by atoms with Crippen LogP contribution >= 0.6 is 24.2 Å². The van der Waals surface area contributed by atoms with Gasteiger partial charge in [-0.15, -0.1) is 24.2 Å². The Labute approximate surface area is 177 Å². The third-order valence-electron chi connectivity index (χ3n) is 5.17. The van der Waals surface area contributed by atoms with Gasteiger partial charge in [0.15, 0.2) is 11.5 Å². The van der Waals surface area contributed by atoms with Crippen LogP contribution in [0.25, 0.3) is 0 Å². The van der Waals surface area contributed by atoms with Crippen LogP contribution in [0.2, 0.25) is 0 Å². The van der Waals surface area contributed by atoms with Crippen LogP contribution in [0.4, 0.5) is 0 Å². The molecule has 1 atom stereocenters. The lowest BCUT2D eigenvalue weighted by Crippen LogP contribution is -2.45. The molecule has 152 valence electrons. The van der Waals surface area contributed by atoms with Crippen molar-refractivity contribution in [1.29, 1.82) is 0 Å². The molecule has 1 unspecified atom stereocenters. The standard InChI is InChI=1S/C21H26N2O3S.ClH/c1-24-18-6-4-3-5-16(18)17-13-22-7-8-23(17)14-15-11-19-20(12-21(15)27-2)26-10-9-25-19;/h3-6,11-12,17,22H,7-10,13-14H2,1-2H3;1H. The maximum atomic E-state index is 5.82. The number of halogens is 1. The molecule has 2 aromatic rings. The molecule has 2 aromatic carbocycles. The van der Waals surface area contributed by atoms with Gasteiger partial charge in [0.25, 0.3) is 0 Å². The fourth-order valence-electron chi connectivity index (χ4n) is 3.83. The highest BCUT2D eigenvalue weighted by Gasteiger charge is 2.27. The van der Waals surface area contributed by atoms with E-state index in [0.29, 0.717) is 13.2 Å². The van der Waals surface area contributed by atoms with Crippen molar-refractivity contribution in [3.05, 3.63) is 47.5 Å². The molecule has 28 heavy (non-hydrogen) atoms. The van der Waals surface area contributed by atoms with Crippen LogP contribution in [0.15, 0.2) is 41.3 Å². The number of methoxy groups -OCH3 is 1. The van der Waals surface area contributed by atoms with Crippen LogP contribution in [-0.2, 0) is 6.54 Å². The zero-order chi connectivity index (χ0) is 18.6. The van der Waals surface area contributed by atoms with Crippen molar-refractivity contribution >= 4 is 24.2 Å². The van der Waals surface area contributed by atoms with E-state index in [1.54, 1.807) is 18.9 Å². The van der Waals surface area contributed by atoms with Gasteiger partial charge in [0, 0.05) is 36.6 Å². The van der Waals surface area contributed by atoms with Crippen molar-refractivity contribution in [2.24, 2.45) is 0 Å². The first-order valence-electron chi connectivity index (χ1n) is 9.34. The number of thioether (sulfide) groups is 1. The molecule has 0 aliphatic carbocycles. The van der Waals surface area contributed by atoms with Gasteiger partial charge in [0.05, 0.1) is 13.2 Å². The summed E-state index contributed by atoms with van der Waals surface area (Å²) in [5.74, 6) is 2.66. The van der Waals surface area contributed by atoms with Crippen LogP contribution in [0.5, 0.6) is 17.2 Å². The van der Waals surface area contributed by atoms with Crippen LogP contribution in [-0.4, -0.2) is 51.1 Å². The fourth-order valence-corrected chi connectivity index (χ4v) is 4.44. The van der Waals surface area contributed by atoms with Crippen LogP contribution in [0.3, 0.4) is 0 Å². The van der Waals surface area contributed by atoms with Gasteiger partial charge in [-0.3, -0.25) is 4.90 Å². The predicted molar refractivity (Wildman–Crippen MR) is 115 cm³/mol. The molecule has 0 radical (unpaired) electrons. The average Bonchev–Trinajstić information content (AvgIpc) is 2.73. The summed E-state index contributed by atoms with van der Waals surface area (Å²) in [5.41, 5.74) is 2.52. The minimum absolute atomic E-state index is 0. The SMILES string of the molecule is COc1ccccc1C1CNCCN1Cc1cc2c(cc1SC)OCCO2.Cl. The molecule has 1 N–H and O–H groups in total. The minimum Gasteiger partial charge on any atom is -0.496 e. The molecule has 4 rings (SSSR count). The van der Waals surface area contributed by atoms with Crippen molar-refractivity contribution in [2.45, 2.75) is 17.5 Å². The molecular formula is C21H27ClN2O3S. The van der Waals surface area contributed by atoms with E-state index in [2.05, 4.69) is 40.7 Å². The Bertz CT molecular complexity index is 805. The number of nitrogens with zero attached hydrogens (tertiary/aromatic N) is 1. The Morgan fingerprint density at radius 3 is 2.68 bits per heavy atom. The molecule has 0 saturated carbocycles.